The first-order chi connectivity index (χ1) is 3.43. The van der Waals surface area contributed by atoms with Gasteiger partial charge in [-0.05, 0) is 0 Å². The van der Waals surface area contributed by atoms with Gasteiger partial charge in [-0.1, -0.05) is 0 Å². The predicted octanol–water partition coefficient (Wildman–Crippen LogP) is 0.0619. The monoisotopic (exact) mass is 117 g/mol. The highest BCUT2D eigenvalue weighted by Gasteiger charge is 2.05. The maximum absolute atomic E-state index is 6.74. The lowest BCUT2D eigenvalue weighted by atomic mass is 10.7. The predicted molar refractivity (Wildman–Crippen MR) is 31.1 cm³/mol. The summed E-state index contributed by atoms with van der Waals surface area (Å²) < 4.78 is 4.85. The quantitative estimate of drug-likeness (QED) is 0.290. The summed E-state index contributed by atoms with van der Waals surface area (Å²) in [4.78, 5) is 0. The van der Waals surface area contributed by atoms with Crippen LogP contribution in [0.1, 0.15) is 0 Å². The zero-order valence-electron chi connectivity index (χ0n) is 3.85. The number of rotatable bonds is 1. The summed E-state index contributed by atoms with van der Waals surface area (Å²) in [6, 6.07) is 0. The molecule has 1 fully saturated rings. The maximum Gasteiger partial charge on any atom is 0.0927 e. The zero-order valence-corrected chi connectivity index (χ0v) is 4.66. The molecule has 40 valence electrons. The van der Waals surface area contributed by atoms with E-state index in [1.807, 2.05) is 4.31 Å². The third-order valence-electron chi connectivity index (χ3n) is 0.760. The van der Waals surface area contributed by atoms with Gasteiger partial charge in [0.1, 0.15) is 0 Å². The Morgan fingerprint density at radius 1 is 1.86 bits per heavy atom. The van der Waals surface area contributed by atoms with E-state index in [-0.39, 0.29) is 0 Å². The number of nitrogens with one attached hydrogen (secondary N) is 2. The van der Waals surface area contributed by atoms with Gasteiger partial charge in [0, 0.05) is 25.2 Å². The molecule has 1 aliphatic heterocycles. The van der Waals surface area contributed by atoms with Crippen LogP contribution >= 0.6 is 12.1 Å². The summed E-state index contributed by atoms with van der Waals surface area (Å²) in [6.07, 6.45) is 1.32. The average molecular weight is 117 g/mol. The lowest BCUT2D eigenvalue weighted by Gasteiger charge is -2.01. The van der Waals surface area contributed by atoms with E-state index in [0.29, 0.717) is 0 Å². The Hall–Kier alpha value is -0.220. The lowest BCUT2D eigenvalue weighted by molar-refractivity contribution is 0.729. The molecule has 1 aliphatic rings. The highest BCUT2D eigenvalue weighted by molar-refractivity contribution is 7.95. The summed E-state index contributed by atoms with van der Waals surface area (Å²) in [7, 11) is 0. The molecule has 0 atom stereocenters. The molecule has 0 radical (unpaired) electrons. The third-order valence-corrected chi connectivity index (χ3v) is 1.62. The molecule has 1 rings (SSSR count). The number of hydrogen-bond donors (Lipinski definition) is 2. The molecule has 0 spiro atoms. The van der Waals surface area contributed by atoms with Crippen LogP contribution in [0.2, 0.25) is 0 Å². The van der Waals surface area contributed by atoms with Crippen molar-refractivity contribution in [3.8, 4) is 0 Å². The van der Waals surface area contributed by atoms with Gasteiger partial charge < -0.3 is 0 Å². The maximum atomic E-state index is 6.74. The van der Waals surface area contributed by atoms with Gasteiger partial charge >= 0.3 is 0 Å². The van der Waals surface area contributed by atoms with Crippen molar-refractivity contribution in [2.24, 2.45) is 0 Å². The molecule has 0 aromatic heterocycles. The second kappa shape index (κ2) is 2.18. The fourth-order valence-electron chi connectivity index (χ4n) is 0.421. The lowest BCUT2D eigenvalue weighted by Crippen LogP contribution is -2.07. The minimum Gasteiger partial charge on any atom is -0.293 e. The van der Waals surface area contributed by atoms with E-state index in [1.165, 1.54) is 18.5 Å². The Balaban J connectivity index is 2.26. The summed E-state index contributed by atoms with van der Waals surface area (Å²) in [5.41, 5.74) is 0. The Morgan fingerprint density at radius 3 is 3.00 bits per heavy atom. The van der Waals surface area contributed by atoms with Crippen molar-refractivity contribution in [2.75, 3.05) is 13.1 Å². The van der Waals surface area contributed by atoms with Crippen LogP contribution in [-0.4, -0.2) is 23.7 Å². The van der Waals surface area contributed by atoms with Gasteiger partial charge in [-0.15, -0.1) is 0 Å². The first-order valence-corrected chi connectivity index (χ1v) is 2.88. The van der Waals surface area contributed by atoms with Crippen LogP contribution in [-0.2, 0) is 0 Å². The highest BCUT2D eigenvalue weighted by Crippen LogP contribution is 2.05. The van der Waals surface area contributed by atoms with Gasteiger partial charge in [-0.3, -0.25) is 9.71 Å². The summed E-state index contributed by atoms with van der Waals surface area (Å²) in [5, 5.41) is 6.74. The summed E-state index contributed by atoms with van der Waals surface area (Å²) >= 11 is 1.48. The topological polar surface area (TPSA) is 39.1 Å². The van der Waals surface area contributed by atoms with Gasteiger partial charge in [-0.2, -0.15) is 0 Å². The Kier molecular flexibility index (Phi) is 1.54. The molecule has 7 heavy (non-hydrogen) atoms. The van der Waals surface area contributed by atoms with Crippen molar-refractivity contribution in [3.63, 3.8) is 0 Å². The van der Waals surface area contributed by atoms with Crippen molar-refractivity contribution in [3.05, 3.63) is 0 Å². The van der Waals surface area contributed by atoms with Crippen molar-refractivity contribution >= 4 is 18.5 Å². The van der Waals surface area contributed by atoms with E-state index in [1.54, 1.807) is 0 Å². The first kappa shape index (κ1) is 4.93. The molecule has 3 nitrogen and oxygen atoms in total. The molecule has 1 saturated heterocycles. The molecule has 0 amide bonds. The van der Waals surface area contributed by atoms with Crippen molar-refractivity contribution in [2.45, 2.75) is 0 Å². The fourth-order valence-corrected chi connectivity index (χ4v) is 1.00. The summed E-state index contributed by atoms with van der Waals surface area (Å²) in [6.45, 7) is 1.94. The van der Waals surface area contributed by atoms with Crippen LogP contribution in [0.4, 0.5) is 0 Å². The van der Waals surface area contributed by atoms with Crippen molar-refractivity contribution < 1.29 is 0 Å². The molecule has 0 saturated carbocycles. The second-order valence-electron chi connectivity index (χ2n) is 1.26. The molecule has 0 aromatic carbocycles. The molecule has 0 bridgehead atoms. The molecular weight excluding hydrogens is 110 g/mol. The Labute approximate surface area is 46.9 Å². The average Bonchev–Trinajstić information content (AvgIpc) is 2.14. The molecule has 0 aliphatic carbocycles. The van der Waals surface area contributed by atoms with Gasteiger partial charge in [0.05, 0.1) is 6.34 Å². The van der Waals surface area contributed by atoms with E-state index in [2.05, 4.69) is 4.72 Å². The number of hydrogen-bond acceptors (Lipinski definition) is 3. The molecule has 2 N–H and O–H groups in total. The molecular formula is C3H7N3S. The van der Waals surface area contributed by atoms with Crippen LogP contribution in [0.3, 0.4) is 0 Å². The van der Waals surface area contributed by atoms with Crippen LogP contribution in [0.25, 0.3) is 0 Å². The molecule has 4 heteroatoms. The van der Waals surface area contributed by atoms with Crippen LogP contribution in [0.5, 0.6) is 0 Å². The summed E-state index contributed by atoms with van der Waals surface area (Å²) in [5.74, 6) is 0. The largest absolute Gasteiger partial charge is 0.293 e. The van der Waals surface area contributed by atoms with Gasteiger partial charge in [0.25, 0.3) is 0 Å². The van der Waals surface area contributed by atoms with E-state index >= 15 is 0 Å². The Morgan fingerprint density at radius 2 is 2.71 bits per heavy atom. The van der Waals surface area contributed by atoms with Crippen molar-refractivity contribution in [1.82, 2.24) is 9.03 Å². The highest BCUT2D eigenvalue weighted by atomic mass is 32.2. The minimum absolute atomic E-state index is 0.953. The van der Waals surface area contributed by atoms with Crippen molar-refractivity contribution in [1.29, 1.82) is 5.41 Å². The molecule has 1 heterocycles. The van der Waals surface area contributed by atoms with Crippen LogP contribution < -0.4 is 4.72 Å². The van der Waals surface area contributed by atoms with E-state index < -0.39 is 0 Å². The zero-order chi connectivity index (χ0) is 5.11. The van der Waals surface area contributed by atoms with E-state index in [4.69, 9.17) is 5.41 Å². The molecule has 0 aromatic rings. The van der Waals surface area contributed by atoms with E-state index in [9.17, 15) is 0 Å². The van der Waals surface area contributed by atoms with Gasteiger partial charge in [-0.25, -0.2) is 4.72 Å². The third kappa shape index (κ3) is 1.07. The van der Waals surface area contributed by atoms with Crippen LogP contribution in [0, 0.1) is 5.41 Å². The number of nitrogens with zero attached hydrogens (tertiary/aromatic N) is 1. The standard InChI is InChI=1S/C3H7N3S/c4-3-6-2-1-5-7-6/h3-5H,1-2H2. The first-order valence-electron chi connectivity index (χ1n) is 2.10. The fraction of sp³-hybridized carbons (Fsp3) is 0.667. The van der Waals surface area contributed by atoms with Gasteiger partial charge in [0.2, 0.25) is 0 Å². The smallest absolute Gasteiger partial charge is 0.0927 e. The normalized spacial score (nSPS) is 20.3. The SMILES string of the molecule is N=CN1CCNS1. The minimum atomic E-state index is 0.953. The Bertz CT molecular complexity index is 68.6. The molecule has 0 unspecified atom stereocenters. The van der Waals surface area contributed by atoms with Gasteiger partial charge in [0.15, 0.2) is 0 Å². The van der Waals surface area contributed by atoms with E-state index in [0.717, 1.165) is 13.1 Å². The van der Waals surface area contributed by atoms with Crippen LogP contribution in [0.15, 0.2) is 0 Å². The second-order valence-corrected chi connectivity index (χ2v) is 2.20.